The van der Waals surface area contributed by atoms with Crippen LogP contribution in [0.2, 0.25) is 0 Å². The molecule has 0 radical (unpaired) electrons. The number of carbonyl (C=O) groups is 1. The zero-order valence-electron chi connectivity index (χ0n) is 17.5. The van der Waals surface area contributed by atoms with Gasteiger partial charge in [0.15, 0.2) is 5.78 Å². The molecule has 1 aromatic heterocycles. The highest BCUT2D eigenvalue weighted by molar-refractivity contribution is 6.10. The number of hydrogen-bond donors (Lipinski definition) is 1. The van der Waals surface area contributed by atoms with Crippen molar-refractivity contribution in [3.63, 3.8) is 0 Å². The van der Waals surface area contributed by atoms with Gasteiger partial charge in [-0.2, -0.15) is 0 Å². The number of piperidine rings is 1. The van der Waals surface area contributed by atoms with Gasteiger partial charge in [0.2, 0.25) is 0 Å². The maximum Gasteiger partial charge on any atom is 0.177 e. The molecule has 1 aliphatic heterocycles. The average Bonchev–Trinajstić information content (AvgIpc) is 2.65. The summed E-state index contributed by atoms with van der Waals surface area (Å²) in [7, 11) is 1.42. The van der Waals surface area contributed by atoms with Crippen LogP contribution in [-0.4, -0.2) is 46.6 Å². The second kappa shape index (κ2) is 6.62. The second-order valence-electron chi connectivity index (χ2n) is 6.60. The Kier molecular flexibility index (Phi) is 3.72. The third kappa shape index (κ3) is 3.20. The number of nitrogens with zero attached hydrogens (tertiary/aromatic N) is 2. The number of hydrogen-bond acceptors (Lipinski definition) is 5. The molecule has 1 atom stereocenters. The number of rotatable bonds is 3. The number of ether oxygens (including phenoxy) is 1. The summed E-state index contributed by atoms with van der Waals surface area (Å²) in [6.07, 6.45) is 7.26. The first-order valence-electron chi connectivity index (χ1n) is 9.85. The fourth-order valence-corrected chi connectivity index (χ4v) is 3.39. The Balaban J connectivity index is 2.02. The molecular formula is C20H24N2O3. The summed E-state index contributed by atoms with van der Waals surface area (Å²) in [6, 6.07) is 1.76. The molecule has 2 aliphatic rings. The zero-order valence-corrected chi connectivity index (χ0v) is 14.5. The Hall–Kier alpha value is -2.16. The molecule has 1 N–H and O–H groups in total. The number of ketones is 1. The quantitative estimate of drug-likeness (QED) is 0.852. The summed E-state index contributed by atoms with van der Waals surface area (Å²) >= 11 is 0. The van der Waals surface area contributed by atoms with Gasteiger partial charge in [0.25, 0.3) is 0 Å². The van der Waals surface area contributed by atoms with E-state index in [2.05, 4.69) is 10.9 Å². The fourth-order valence-electron chi connectivity index (χ4n) is 3.39. The standard InChI is InChI=1S/C20H24N2O3/c1-5-15-18(24)10-14-12-21-17(13(2)23)11-16(14)19(15)22-8-6-20(3,25-4)7-9-22/h1,11-13,23H,6-10H2,2-4H3/i3D3. The highest BCUT2D eigenvalue weighted by Crippen LogP contribution is 2.36. The Morgan fingerprint density at radius 1 is 1.52 bits per heavy atom. The van der Waals surface area contributed by atoms with Gasteiger partial charge in [0.05, 0.1) is 28.7 Å². The minimum Gasteiger partial charge on any atom is -0.387 e. The largest absolute Gasteiger partial charge is 0.387 e. The molecule has 0 aromatic carbocycles. The van der Waals surface area contributed by atoms with Crippen LogP contribution in [0.25, 0.3) is 5.70 Å². The van der Waals surface area contributed by atoms with E-state index in [0.29, 0.717) is 37.3 Å². The van der Waals surface area contributed by atoms with Gasteiger partial charge in [0, 0.05) is 42.5 Å². The van der Waals surface area contributed by atoms with Crippen molar-refractivity contribution in [2.24, 2.45) is 0 Å². The molecule has 3 rings (SSSR count). The lowest BCUT2D eigenvalue weighted by Crippen LogP contribution is -2.43. The summed E-state index contributed by atoms with van der Waals surface area (Å²) in [4.78, 5) is 18.8. The van der Waals surface area contributed by atoms with Gasteiger partial charge in [0.1, 0.15) is 0 Å². The normalized spacial score (nSPS) is 23.2. The number of terminal acetylenes is 1. The maximum atomic E-state index is 12.6. The van der Waals surface area contributed by atoms with Crippen LogP contribution in [0.15, 0.2) is 17.8 Å². The Morgan fingerprint density at radius 3 is 2.80 bits per heavy atom. The minimum absolute atomic E-state index is 0.156. The van der Waals surface area contributed by atoms with Crippen molar-refractivity contribution >= 4 is 11.5 Å². The van der Waals surface area contributed by atoms with Crippen molar-refractivity contribution in [2.45, 2.75) is 44.7 Å². The summed E-state index contributed by atoms with van der Waals surface area (Å²) < 4.78 is 28.9. The van der Waals surface area contributed by atoms with Gasteiger partial charge in [-0.05, 0) is 38.2 Å². The summed E-state index contributed by atoms with van der Waals surface area (Å²) in [5.74, 6) is 2.36. The number of likely N-dealkylation sites (tertiary alicyclic amines) is 1. The van der Waals surface area contributed by atoms with Crippen LogP contribution < -0.4 is 0 Å². The van der Waals surface area contributed by atoms with Crippen LogP contribution in [0.3, 0.4) is 0 Å². The van der Waals surface area contributed by atoms with Crippen LogP contribution in [0.1, 0.15) is 53.7 Å². The van der Waals surface area contributed by atoms with Gasteiger partial charge in [-0.15, -0.1) is 6.42 Å². The minimum atomic E-state index is -2.24. The highest BCUT2D eigenvalue weighted by Gasteiger charge is 2.35. The van der Waals surface area contributed by atoms with E-state index in [1.807, 2.05) is 4.90 Å². The van der Waals surface area contributed by atoms with E-state index in [4.69, 9.17) is 15.3 Å². The molecular weight excluding hydrogens is 316 g/mol. The highest BCUT2D eigenvalue weighted by atomic mass is 16.5. The number of fused-ring (bicyclic) bond motifs is 1. The van der Waals surface area contributed by atoms with E-state index in [0.717, 1.165) is 11.1 Å². The molecule has 0 bridgehead atoms. The van der Waals surface area contributed by atoms with E-state index in [9.17, 15) is 9.90 Å². The van der Waals surface area contributed by atoms with Crippen molar-refractivity contribution in [3.05, 3.63) is 34.7 Å². The molecule has 1 unspecified atom stereocenters. The number of aliphatic hydroxyl groups is 1. The number of methoxy groups -OCH3 is 1. The molecule has 5 nitrogen and oxygen atoms in total. The number of Topliss-reactive ketones (excluding diaryl/α,β-unsaturated/α-hetero) is 1. The van der Waals surface area contributed by atoms with Crippen LogP contribution in [0.5, 0.6) is 0 Å². The Bertz CT molecular complexity index is 860. The van der Waals surface area contributed by atoms with Gasteiger partial charge in [-0.3, -0.25) is 9.78 Å². The van der Waals surface area contributed by atoms with Crippen molar-refractivity contribution in [2.75, 3.05) is 20.2 Å². The number of pyridine rings is 1. The zero-order chi connectivity index (χ0) is 20.7. The summed E-state index contributed by atoms with van der Waals surface area (Å²) in [6.45, 7) is 0.177. The van der Waals surface area contributed by atoms with Gasteiger partial charge in [-0.25, -0.2) is 0 Å². The average molecular weight is 343 g/mol. The van der Waals surface area contributed by atoms with Crippen LogP contribution in [-0.2, 0) is 16.0 Å². The van der Waals surface area contributed by atoms with Crippen molar-refractivity contribution in [1.29, 1.82) is 0 Å². The topological polar surface area (TPSA) is 62.7 Å². The molecule has 0 spiro atoms. The monoisotopic (exact) mass is 343 g/mol. The molecule has 1 aromatic rings. The third-order valence-corrected chi connectivity index (χ3v) is 4.98. The van der Waals surface area contributed by atoms with Crippen molar-refractivity contribution in [3.8, 4) is 12.3 Å². The second-order valence-corrected chi connectivity index (χ2v) is 6.60. The molecule has 2 heterocycles. The van der Waals surface area contributed by atoms with E-state index < -0.39 is 18.6 Å². The predicted molar refractivity (Wildman–Crippen MR) is 95.6 cm³/mol. The molecule has 1 aliphatic carbocycles. The van der Waals surface area contributed by atoms with E-state index in [-0.39, 0.29) is 17.8 Å². The molecule has 25 heavy (non-hydrogen) atoms. The van der Waals surface area contributed by atoms with Crippen LogP contribution in [0.4, 0.5) is 0 Å². The lowest BCUT2D eigenvalue weighted by molar-refractivity contribution is -0.114. The molecule has 132 valence electrons. The van der Waals surface area contributed by atoms with Crippen LogP contribution in [0, 0.1) is 12.3 Å². The molecule has 5 heteroatoms. The lowest BCUT2D eigenvalue weighted by atomic mass is 9.86. The number of aromatic nitrogens is 1. The first kappa shape index (κ1) is 14.1. The summed E-state index contributed by atoms with van der Waals surface area (Å²) in [5.41, 5.74) is 1.72. The SMILES string of the molecule is [2H]C([2H])([2H])C1(OC)CCN(C2=C(C#C)C(=O)Cc3cnc(C(C)O)cc32)CC1. The van der Waals surface area contributed by atoms with Gasteiger partial charge >= 0.3 is 0 Å². The molecule has 0 saturated carbocycles. The molecule has 1 fully saturated rings. The van der Waals surface area contributed by atoms with Crippen molar-refractivity contribution in [1.82, 2.24) is 9.88 Å². The van der Waals surface area contributed by atoms with Crippen LogP contribution >= 0.6 is 0 Å². The smallest absolute Gasteiger partial charge is 0.177 e. The molecule has 0 amide bonds. The summed E-state index contributed by atoms with van der Waals surface area (Å²) in [5, 5.41) is 9.91. The lowest BCUT2D eigenvalue weighted by Gasteiger charge is -2.41. The van der Waals surface area contributed by atoms with E-state index in [1.54, 1.807) is 19.2 Å². The van der Waals surface area contributed by atoms with E-state index in [1.165, 1.54) is 7.11 Å². The number of allylic oxidation sites excluding steroid dienone is 1. The van der Waals surface area contributed by atoms with Crippen molar-refractivity contribution < 1.29 is 18.8 Å². The maximum absolute atomic E-state index is 12.6. The third-order valence-electron chi connectivity index (χ3n) is 4.98. The van der Waals surface area contributed by atoms with Gasteiger partial charge < -0.3 is 14.7 Å². The number of aliphatic hydroxyl groups excluding tert-OH is 1. The Morgan fingerprint density at radius 2 is 2.24 bits per heavy atom. The first-order chi connectivity index (χ1) is 13.1. The number of carbonyl (C=O) groups excluding carboxylic acids is 1. The van der Waals surface area contributed by atoms with E-state index >= 15 is 0 Å². The first-order valence-corrected chi connectivity index (χ1v) is 8.35. The van der Waals surface area contributed by atoms with Gasteiger partial charge in [-0.1, -0.05) is 5.92 Å². The molecule has 1 saturated heterocycles. The predicted octanol–water partition coefficient (Wildman–Crippen LogP) is 2.11. The fraction of sp³-hybridized carbons (Fsp3) is 0.500. The Labute approximate surface area is 152 Å².